The topological polar surface area (TPSA) is 128 Å². The lowest BCUT2D eigenvalue weighted by molar-refractivity contribution is -0.300. The molecule has 1 heterocycles. The van der Waals surface area contributed by atoms with Crippen LogP contribution in [0.1, 0.15) is 44.9 Å². The molecule has 0 aromatic carbocycles. The highest BCUT2D eigenvalue weighted by atomic mass is 16.7. The number of carbonyl (C=O) groups excluding carboxylic acids is 1. The van der Waals surface area contributed by atoms with Gasteiger partial charge in [0.15, 0.2) is 6.29 Å². The van der Waals surface area contributed by atoms with Gasteiger partial charge in [-0.15, -0.1) is 0 Å². The Bertz CT molecular complexity index is 400. The van der Waals surface area contributed by atoms with Gasteiger partial charge in [0, 0.05) is 13.0 Å². The van der Waals surface area contributed by atoms with Crippen LogP contribution in [0.25, 0.3) is 0 Å². The van der Waals surface area contributed by atoms with Gasteiger partial charge >= 0.3 is 0 Å². The second-order valence-corrected chi connectivity index (χ2v) is 6.96. The minimum Gasteiger partial charge on any atom is -0.394 e. The van der Waals surface area contributed by atoms with Crippen molar-refractivity contribution in [1.82, 2.24) is 5.32 Å². The van der Waals surface area contributed by atoms with Crippen molar-refractivity contribution in [2.24, 2.45) is 5.92 Å². The number of amides is 1. The number of nitrogens with one attached hydrogen (secondary N) is 1. The minimum absolute atomic E-state index is 0.0250. The average Bonchev–Trinajstić information content (AvgIpc) is 2.64. The van der Waals surface area contributed by atoms with E-state index in [1.54, 1.807) is 0 Å². The molecule has 0 spiro atoms. The molecular weight excluding hydrogens is 330 g/mol. The van der Waals surface area contributed by atoms with Crippen LogP contribution >= 0.6 is 0 Å². The van der Waals surface area contributed by atoms with Crippen molar-refractivity contribution >= 4 is 5.91 Å². The maximum atomic E-state index is 11.8. The molecular formula is C17H31NO7. The molecule has 0 aromatic heterocycles. The second kappa shape index (κ2) is 10.4. The van der Waals surface area contributed by atoms with Gasteiger partial charge in [-0.1, -0.05) is 32.1 Å². The van der Waals surface area contributed by atoms with E-state index >= 15 is 0 Å². The fourth-order valence-electron chi connectivity index (χ4n) is 3.47. The molecule has 1 saturated carbocycles. The van der Waals surface area contributed by atoms with Crippen molar-refractivity contribution in [1.29, 1.82) is 0 Å². The first-order chi connectivity index (χ1) is 12.0. The number of ether oxygens (including phenoxy) is 2. The van der Waals surface area contributed by atoms with Crippen LogP contribution < -0.4 is 5.32 Å². The summed E-state index contributed by atoms with van der Waals surface area (Å²) in [7, 11) is 0. The smallest absolute Gasteiger partial charge is 0.220 e. The number of rotatable bonds is 8. The van der Waals surface area contributed by atoms with Crippen molar-refractivity contribution in [3.05, 3.63) is 0 Å². The van der Waals surface area contributed by atoms with Gasteiger partial charge in [0.1, 0.15) is 24.4 Å². The van der Waals surface area contributed by atoms with E-state index in [1.807, 2.05) is 0 Å². The molecule has 2 fully saturated rings. The fourth-order valence-corrected chi connectivity index (χ4v) is 3.47. The summed E-state index contributed by atoms with van der Waals surface area (Å²) < 4.78 is 10.5. The third kappa shape index (κ3) is 6.16. The Balaban J connectivity index is 1.60. The first-order valence-corrected chi connectivity index (χ1v) is 9.21. The molecule has 0 unspecified atom stereocenters. The summed E-state index contributed by atoms with van der Waals surface area (Å²) in [4.78, 5) is 11.8. The number of hydrogen-bond donors (Lipinski definition) is 5. The van der Waals surface area contributed by atoms with Crippen molar-refractivity contribution < 1.29 is 34.7 Å². The van der Waals surface area contributed by atoms with E-state index in [-0.39, 0.29) is 19.1 Å². The Hall–Kier alpha value is -0.770. The Morgan fingerprint density at radius 2 is 1.80 bits per heavy atom. The summed E-state index contributed by atoms with van der Waals surface area (Å²) >= 11 is 0. The molecule has 8 nitrogen and oxygen atoms in total. The third-order valence-electron chi connectivity index (χ3n) is 5.06. The number of aliphatic hydroxyl groups is 4. The predicted octanol–water partition coefficient (Wildman–Crippen LogP) is -0.720. The summed E-state index contributed by atoms with van der Waals surface area (Å²) in [6, 6.07) is 0. The van der Waals surface area contributed by atoms with Gasteiger partial charge in [-0.25, -0.2) is 0 Å². The Morgan fingerprint density at radius 1 is 1.08 bits per heavy atom. The number of hydrogen-bond acceptors (Lipinski definition) is 7. The molecule has 0 bridgehead atoms. The van der Waals surface area contributed by atoms with E-state index < -0.39 is 37.3 Å². The summed E-state index contributed by atoms with van der Waals surface area (Å²) in [6.45, 7) is -0.140. The highest BCUT2D eigenvalue weighted by Crippen LogP contribution is 2.27. The predicted molar refractivity (Wildman–Crippen MR) is 88.5 cm³/mol. The van der Waals surface area contributed by atoms with Gasteiger partial charge in [-0.3, -0.25) is 4.79 Å². The summed E-state index contributed by atoms with van der Waals surface area (Å²) in [5, 5.41) is 41.0. The van der Waals surface area contributed by atoms with Gasteiger partial charge in [0.25, 0.3) is 0 Å². The van der Waals surface area contributed by atoms with Gasteiger partial charge < -0.3 is 35.2 Å². The molecule has 5 N–H and O–H groups in total. The molecule has 1 aliphatic carbocycles. The zero-order valence-corrected chi connectivity index (χ0v) is 14.5. The molecule has 0 radical (unpaired) electrons. The van der Waals surface area contributed by atoms with Crippen LogP contribution in [0.3, 0.4) is 0 Å². The second-order valence-electron chi connectivity index (χ2n) is 6.96. The lowest BCUT2D eigenvalue weighted by Gasteiger charge is -2.39. The van der Waals surface area contributed by atoms with Gasteiger partial charge in [-0.05, 0) is 12.3 Å². The van der Waals surface area contributed by atoms with Gasteiger partial charge in [-0.2, -0.15) is 0 Å². The van der Waals surface area contributed by atoms with Crippen molar-refractivity contribution in [3.8, 4) is 0 Å². The van der Waals surface area contributed by atoms with Crippen molar-refractivity contribution in [2.75, 3.05) is 19.8 Å². The summed E-state index contributed by atoms with van der Waals surface area (Å²) in [5.74, 6) is 0.632. The van der Waals surface area contributed by atoms with E-state index in [9.17, 15) is 20.1 Å². The van der Waals surface area contributed by atoms with E-state index in [4.69, 9.17) is 14.6 Å². The molecule has 2 rings (SSSR count). The quantitative estimate of drug-likeness (QED) is 0.361. The zero-order valence-electron chi connectivity index (χ0n) is 14.5. The van der Waals surface area contributed by atoms with E-state index in [1.165, 1.54) is 32.1 Å². The van der Waals surface area contributed by atoms with E-state index in [0.29, 0.717) is 12.3 Å². The van der Waals surface area contributed by atoms with Crippen molar-refractivity contribution in [2.45, 2.75) is 75.7 Å². The Morgan fingerprint density at radius 3 is 2.48 bits per heavy atom. The molecule has 5 atom stereocenters. The maximum Gasteiger partial charge on any atom is 0.220 e. The molecule has 146 valence electrons. The molecule has 1 aliphatic heterocycles. The fraction of sp³-hybridized carbons (Fsp3) is 0.941. The van der Waals surface area contributed by atoms with Crippen LogP contribution in [0.4, 0.5) is 0 Å². The van der Waals surface area contributed by atoms with Crippen LogP contribution in [-0.4, -0.2) is 76.8 Å². The Kier molecular flexibility index (Phi) is 8.54. The van der Waals surface area contributed by atoms with E-state index in [2.05, 4.69) is 5.32 Å². The lowest BCUT2D eigenvalue weighted by Crippen LogP contribution is -2.59. The number of aliphatic hydroxyl groups excluding tert-OH is 4. The lowest BCUT2D eigenvalue weighted by atomic mass is 9.86. The van der Waals surface area contributed by atoms with Crippen molar-refractivity contribution in [3.63, 3.8) is 0 Å². The van der Waals surface area contributed by atoms with Crippen LogP contribution in [0.2, 0.25) is 0 Å². The highest BCUT2D eigenvalue weighted by Gasteiger charge is 2.43. The first-order valence-electron chi connectivity index (χ1n) is 9.21. The summed E-state index contributed by atoms with van der Waals surface area (Å²) in [5.41, 5.74) is 0. The Labute approximate surface area is 148 Å². The minimum atomic E-state index is -1.46. The van der Waals surface area contributed by atoms with Crippen LogP contribution in [0.5, 0.6) is 0 Å². The molecule has 0 aromatic rings. The molecule has 1 amide bonds. The highest BCUT2D eigenvalue weighted by molar-refractivity contribution is 5.75. The largest absolute Gasteiger partial charge is 0.394 e. The monoisotopic (exact) mass is 361 g/mol. The normalized spacial score (nSPS) is 34.0. The first kappa shape index (κ1) is 20.5. The van der Waals surface area contributed by atoms with Crippen LogP contribution in [0.15, 0.2) is 0 Å². The summed E-state index contributed by atoms with van der Waals surface area (Å²) in [6.07, 6.45) is 1.25. The van der Waals surface area contributed by atoms with Crippen LogP contribution in [-0.2, 0) is 14.3 Å². The number of carbonyl (C=O) groups is 1. The molecule has 1 saturated heterocycles. The zero-order chi connectivity index (χ0) is 18.2. The van der Waals surface area contributed by atoms with Gasteiger partial charge in [0.2, 0.25) is 5.91 Å². The molecule has 25 heavy (non-hydrogen) atoms. The van der Waals surface area contributed by atoms with Gasteiger partial charge in [0.05, 0.1) is 13.2 Å². The van der Waals surface area contributed by atoms with E-state index in [0.717, 1.165) is 6.42 Å². The molecule has 2 aliphatic rings. The standard InChI is InChI=1S/C17H31NO7/c19-10-12-14(21)15(22)16(23)17(25-12)24-9-8-18-13(20)7-6-11-4-2-1-3-5-11/h11-12,14-17,19,21-23H,1-10H2,(H,18,20)/t12-,14+,15+,16-,17-/m1/s1. The third-order valence-corrected chi connectivity index (χ3v) is 5.06. The maximum absolute atomic E-state index is 11.8. The SMILES string of the molecule is O=C(CCC1CCCCC1)NCCO[C@@H]1O[C@H](CO)[C@H](O)[C@H](O)[C@H]1O. The average molecular weight is 361 g/mol. The van der Waals surface area contributed by atoms with Crippen LogP contribution in [0, 0.1) is 5.92 Å². The molecule has 8 heteroatoms.